The Labute approximate surface area is 250 Å². The van der Waals surface area contributed by atoms with E-state index in [0.717, 1.165) is 0 Å². The van der Waals surface area contributed by atoms with E-state index in [9.17, 15) is 0 Å². The van der Waals surface area contributed by atoms with E-state index in [1.165, 1.54) is 53.7 Å². The summed E-state index contributed by atoms with van der Waals surface area (Å²) in [6, 6.07) is 66.9. The van der Waals surface area contributed by atoms with Crippen LogP contribution in [0.4, 0.5) is 0 Å². The van der Waals surface area contributed by atoms with Crippen molar-refractivity contribution >= 4 is 58.4 Å². The number of hydrogen-bond acceptors (Lipinski definition) is 0. The minimum Gasteiger partial charge on any atom is -0.0622 e. The van der Waals surface area contributed by atoms with Crippen LogP contribution in [0.15, 0.2) is 182 Å². The lowest BCUT2D eigenvalue weighted by molar-refractivity contribution is 1.70. The molecular formula is C40H30P2. The molecule has 0 spiro atoms. The number of fused-ring (bicyclic) bond motifs is 1. The lowest BCUT2D eigenvalue weighted by Crippen LogP contribution is -2.25. The highest BCUT2D eigenvalue weighted by Crippen LogP contribution is 2.43. The minimum absolute atomic E-state index is 0.779. The normalized spacial score (nSPS) is 11.3. The molecular weight excluding hydrogens is 542 g/mol. The number of benzene rings is 7. The summed E-state index contributed by atoms with van der Waals surface area (Å²) in [4.78, 5) is 0. The summed E-state index contributed by atoms with van der Waals surface area (Å²) in [6.07, 6.45) is 0. The molecule has 7 aromatic rings. The molecule has 0 N–H and O–H groups in total. The van der Waals surface area contributed by atoms with Crippen molar-refractivity contribution in [2.75, 3.05) is 0 Å². The molecule has 0 fully saturated rings. The summed E-state index contributed by atoms with van der Waals surface area (Å²) in [5, 5.41) is 10.8. The van der Waals surface area contributed by atoms with Crippen LogP contribution in [0.3, 0.4) is 0 Å². The van der Waals surface area contributed by atoms with Gasteiger partial charge in [-0.15, -0.1) is 0 Å². The Hall–Kier alpha value is -4.34. The van der Waals surface area contributed by atoms with E-state index in [2.05, 4.69) is 182 Å². The van der Waals surface area contributed by atoms with Crippen LogP contribution in [0.2, 0.25) is 0 Å². The van der Waals surface area contributed by atoms with Crippen LogP contribution < -0.4 is 31.8 Å². The van der Waals surface area contributed by atoms with Gasteiger partial charge in [-0.3, -0.25) is 0 Å². The molecule has 0 aromatic heterocycles. The van der Waals surface area contributed by atoms with Gasteiger partial charge in [0, 0.05) is 0 Å². The van der Waals surface area contributed by atoms with Gasteiger partial charge in [0.15, 0.2) is 0 Å². The van der Waals surface area contributed by atoms with Crippen molar-refractivity contribution in [1.82, 2.24) is 0 Å². The summed E-state index contributed by atoms with van der Waals surface area (Å²) >= 11 is 0. The second-order valence-electron chi connectivity index (χ2n) is 10.2. The molecule has 42 heavy (non-hydrogen) atoms. The van der Waals surface area contributed by atoms with Crippen LogP contribution >= 0.6 is 15.8 Å². The molecule has 0 bridgehead atoms. The van der Waals surface area contributed by atoms with E-state index in [1.54, 1.807) is 0 Å². The van der Waals surface area contributed by atoms with Gasteiger partial charge in [0.25, 0.3) is 0 Å². The fraction of sp³-hybridized carbons (Fsp3) is 0. The van der Waals surface area contributed by atoms with E-state index in [-0.39, 0.29) is 0 Å². The third-order valence-corrected chi connectivity index (χ3v) is 12.6. The highest BCUT2D eigenvalue weighted by molar-refractivity contribution is 7.80. The highest BCUT2D eigenvalue weighted by atomic mass is 31.1. The maximum atomic E-state index is 2.40. The molecule has 0 radical (unpaired) electrons. The monoisotopic (exact) mass is 572 g/mol. The van der Waals surface area contributed by atoms with Crippen LogP contribution in [0.1, 0.15) is 0 Å². The molecule has 0 heterocycles. The van der Waals surface area contributed by atoms with Crippen molar-refractivity contribution in [2.45, 2.75) is 0 Å². The first-order chi connectivity index (χ1) is 20.9. The molecule has 0 atom stereocenters. The van der Waals surface area contributed by atoms with Crippen LogP contribution in [-0.4, -0.2) is 0 Å². The Morgan fingerprint density at radius 2 is 0.690 bits per heavy atom. The SMILES string of the molecule is c1ccc(P(c2ccccc2)c2ccccc2-c2c(P(c3ccccc3)c3ccccc3)ccc3ccccc23)cc1. The number of hydrogen-bond donors (Lipinski definition) is 0. The summed E-state index contributed by atoms with van der Waals surface area (Å²) in [5.74, 6) is 0. The van der Waals surface area contributed by atoms with Crippen molar-refractivity contribution in [3.63, 3.8) is 0 Å². The smallest absolute Gasteiger partial charge is 0.00151 e. The van der Waals surface area contributed by atoms with Crippen molar-refractivity contribution in [3.05, 3.63) is 182 Å². The Balaban J connectivity index is 1.55. The largest absolute Gasteiger partial charge is 0.0622 e. The van der Waals surface area contributed by atoms with Gasteiger partial charge in [-0.2, -0.15) is 0 Å². The first kappa shape index (κ1) is 26.6. The van der Waals surface area contributed by atoms with Crippen LogP contribution in [0, 0.1) is 0 Å². The fourth-order valence-electron chi connectivity index (χ4n) is 5.77. The summed E-state index contributed by atoms with van der Waals surface area (Å²) in [5.41, 5.74) is 2.67. The van der Waals surface area contributed by atoms with Gasteiger partial charge in [0.2, 0.25) is 0 Å². The molecule has 200 valence electrons. The van der Waals surface area contributed by atoms with Gasteiger partial charge in [0.1, 0.15) is 0 Å². The lowest BCUT2D eigenvalue weighted by Gasteiger charge is -2.27. The molecule has 0 nitrogen and oxygen atoms in total. The molecule has 7 aromatic carbocycles. The maximum absolute atomic E-state index is 2.40. The van der Waals surface area contributed by atoms with Crippen molar-refractivity contribution in [1.29, 1.82) is 0 Å². The Kier molecular flexibility index (Phi) is 7.75. The van der Waals surface area contributed by atoms with Crippen molar-refractivity contribution in [3.8, 4) is 11.1 Å². The van der Waals surface area contributed by atoms with Crippen LogP contribution in [0.5, 0.6) is 0 Å². The van der Waals surface area contributed by atoms with Gasteiger partial charge in [-0.1, -0.05) is 182 Å². The summed E-state index contributed by atoms with van der Waals surface area (Å²) in [6.45, 7) is 0. The second kappa shape index (κ2) is 12.3. The molecule has 0 amide bonds. The Morgan fingerprint density at radius 3 is 1.21 bits per heavy atom. The lowest BCUT2D eigenvalue weighted by atomic mass is 9.98. The molecule has 0 aliphatic carbocycles. The molecule has 0 saturated heterocycles. The summed E-state index contributed by atoms with van der Waals surface area (Å²) in [7, 11) is -1.58. The van der Waals surface area contributed by atoms with E-state index in [4.69, 9.17) is 0 Å². The zero-order valence-electron chi connectivity index (χ0n) is 23.2. The predicted octanol–water partition coefficient (Wildman–Crippen LogP) is 8.02. The maximum Gasteiger partial charge on any atom is -0.00151 e. The third kappa shape index (κ3) is 5.21. The van der Waals surface area contributed by atoms with Gasteiger partial charge in [-0.25, -0.2) is 0 Å². The van der Waals surface area contributed by atoms with E-state index >= 15 is 0 Å². The zero-order chi connectivity index (χ0) is 28.1. The highest BCUT2D eigenvalue weighted by Gasteiger charge is 2.26. The average molecular weight is 573 g/mol. The van der Waals surface area contributed by atoms with Crippen molar-refractivity contribution in [2.24, 2.45) is 0 Å². The standard InChI is InChI=1S/C40H30P2/c1-5-18-32(19-6-1)41(33-20-7-2-8-21-33)38-28-16-15-27-37(38)40-36-26-14-13-17-31(36)29-30-39(40)42(34-22-9-3-10-23-34)35-24-11-4-12-25-35/h1-30H. The Morgan fingerprint density at radius 1 is 0.286 bits per heavy atom. The quantitative estimate of drug-likeness (QED) is 0.170. The molecule has 2 heteroatoms. The molecule has 0 aliphatic rings. The van der Waals surface area contributed by atoms with E-state index < -0.39 is 15.8 Å². The van der Waals surface area contributed by atoms with Crippen LogP contribution in [0.25, 0.3) is 21.9 Å². The Bertz CT molecular complexity index is 1840. The zero-order valence-corrected chi connectivity index (χ0v) is 25.0. The third-order valence-electron chi connectivity index (χ3n) is 7.62. The van der Waals surface area contributed by atoms with E-state index in [1.807, 2.05) is 0 Å². The number of rotatable bonds is 7. The van der Waals surface area contributed by atoms with Gasteiger partial charge in [0.05, 0.1) is 0 Å². The average Bonchev–Trinajstić information content (AvgIpc) is 3.07. The minimum atomic E-state index is -0.797. The molecule has 0 unspecified atom stereocenters. The van der Waals surface area contributed by atoms with Crippen molar-refractivity contribution < 1.29 is 0 Å². The van der Waals surface area contributed by atoms with Gasteiger partial charge < -0.3 is 0 Å². The predicted molar refractivity (Wildman–Crippen MR) is 187 cm³/mol. The van der Waals surface area contributed by atoms with Gasteiger partial charge in [-0.05, 0) is 69.6 Å². The molecule has 0 aliphatic heterocycles. The topological polar surface area (TPSA) is 0 Å². The first-order valence-electron chi connectivity index (χ1n) is 14.3. The second-order valence-corrected chi connectivity index (χ2v) is 14.6. The first-order valence-corrected chi connectivity index (χ1v) is 17.0. The van der Waals surface area contributed by atoms with Crippen LogP contribution in [-0.2, 0) is 0 Å². The molecule has 0 saturated carbocycles. The van der Waals surface area contributed by atoms with Gasteiger partial charge >= 0.3 is 0 Å². The molecule has 7 rings (SSSR count). The van der Waals surface area contributed by atoms with E-state index in [0.29, 0.717) is 0 Å². The summed E-state index contributed by atoms with van der Waals surface area (Å²) < 4.78 is 0. The fourth-order valence-corrected chi connectivity index (χ4v) is 10.7.